The lowest BCUT2D eigenvalue weighted by atomic mass is 10.2. The predicted molar refractivity (Wildman–Crippen MR) is 70.7 cm³/mol. The molecular formula is C10H7ClN4O3S. The second-order valence-electron chi connectivity index (χ2n) is 3.50. The van der Waals surface area contributed by atoms with E-state index in [9.17, 15) is 14.9 Å². The SMILES string of the molecule is Cc1nnc(NC(=O)c2ccc(Cl)c([N+](=O)[O-])c2)s1. The summed E-state index contributed by atoms with van der Waals surface area (Å²) in [5, 5.41) is 21.7. The zero-order valence-corrected chi connectivity index (χ0v) is 11.2. The molecule has 2 aromatic rings. The number of benzene rings is 1. The van der Waals surface area contributed by atoms with Crippen LogP contribution in [0.15, 0.2) is 18.2 Å². The molecule has 98 valence electrons. The number of nitrogens with zero attached hydrogens (tertiary/aromatic N) is 3. The van der Waals surface area contributed by atoms with Crippen LogP contribution < -0.4 is 5.32 Å². The minimum atomic E-state index is -0.645. The van der Waals surface area contributed by atoms with Gasteiger partial charge in [0, 0.05) is 11.6 Å². The molecule has 1 aromatic heterocycles. The summed E-state index contributed by atoms with van der Waals surface area (Å²) in [4.78, 5) is 22.0. The molecule has 1 N–H and O–H groups in total. The molecule has 0 fully saturated rings. The molecule has 0 atom stereocenters. The summed E-state index contributed by atoms with van der Waals surface area (Å²) in [6.07, 6.45) is 0. The average molecular weight is 299 g/mol. The number of carbonyl (C=O) groups excluding carboxylic acids is 1. The fraction of sp³-hybridized carbons (Fsp3) is 0.100. The second kappa shape index (κ2) is 5.29. The Kier molecular flexibility index (Phi) is 3.72. The number of nitro groups is 1. The third kappa shape index (κ3) is 3.04. The standard InChI is InChI=1S/C10H7ClN4O3S/c1-5-13-14-10(19-5)12-9(16)6-2-3-7(11)8(4-6)15(17)18/h2-4H,1H3,(H,12,14,16). The molecule has 1 heterocycles. The first kappa shape index (κ1) is 13.4. The summed E-state index contributed by atoms with van der Waals surface area (Å²) in [6, 6.07) is 3.82. The van der Waals surface area contributed by atoms with E-state index in [4.69, 9.17) is 11.6 Å². The third-order valence-electron chi connectivity index (χ3n) is 2.15. The fourth-order valence-corrected chi connectivity index (χ4v) is 2.08. The van der Waals surface area contributed by atoms with E-state index in [1.54, 1.807) is 6.92 Å². The van der Waals surface area contributed by atoms with E-state index in [0.717, 1.165) is 6.07 Å². The number of rotatable bonds is 3. The highest BCUT2D eigenvalue weighted by Crippen LogP contribution is 2.25. The van der Waals surface area contributed by atoms with Gasteiger partial charge in [0.1, 0.15) is 10.0 Å². The molecule has 1 amide bonds. The maximum Gasteiger partial charge on any atom is 0.288 e. The highest BCUT2D eigenvalue weighted by molar-refractivity contribution is 7.15. The molecule has 9 heteroatoms. The van der Waals surface area contributed by atoms with Crippen molar-refractivity contribution in [3.63, 3.8) is 0 Å². The van der Waals surface area contributed by atoms with Gasteiger partial charge in [0.25, 0.3) is 11.6 Å². The van der Waals surface area contributed by atoms with Gasteiger partial charge < -0.3 is 0 Å². The fourth-order valence-electron chi connectivity index (χ4n) is 1.31. The lowest BCUT2D eigenvalue weighted by Crippen LogP contribution is -2.12. The Morgan fingerprint density at radius 3 is 2.79 bits per heavy atom. The van der Waals surface area contributed by atoms with Gasteiger partial charge in [-0.1, -0.05) is 22.9 Å². The molecular weight excluding hydrogens is 292 g/mol. The van der Waals surface area contributed by atoms with E-state index in [1.165, 1.54) is 23.5 Å². The number of aromatic nitrogens is 2. The van der Waals surface area contributed by atoms with Crippen molar-refractivity contribution in [2.45, 2.75) is 6.92 Å². The van der Waals surface area contributed by atoms with Crippen LogP contribution in [0.1, 0.15) is 15.4 Å². The summed E-state index contributed by atoms with van der Waals surface area (Å²) in [6.45, 7) is 1.75. The van der Waals surface area contributed by atoms with Gasteiger partial charge in [-0.3, -0.25) is 20.2 Å². The van der Waals surface area contributed by atoms with Crippen LogP contribution in [-0.4, -0.2) is 21.0 Å². The van der Waals surface area contributed by atoms with Gasteiger partial charge in [-0.15, -0.1) is 10.2 Å². The van der Waals surface area contributed by atoms with E-state index in [2.05, 4.69) is 15.5 Å². The lowest BCUT2D eigenvalue weighted by molar-refractivity contribution is -0.384. The molecule has 2 rings (SSSR count). The van der Waals surface area contributed by atoms with Gasteiger partial charge in [-0.2, -0.15) is 0 Å². The van der Waals surface area contributed by atoms with Crippen molar-refractivity contribution in [1.29, 1.82) is 0 Å². The molecule has 0 radical (unpaired) electrons. The number of halogens is 1. The summed E-state index contributed by atoms with van der Waals surface area (Å²) in [7, 11) is 0. The van der Waals surface area contributed by atoms with Crippen molar-refractivity contribution >= 4 is 39.7 Å². The lowest BCUT2D eigenvalue weighted by Gasteiger charge is -2.02. The number of nitrogens with one attached hydrogen (secondary N) is 1. The Bertz CT molecular complexity index is 658. The molecule has 0 aliphatic rings. The van der Waals surface area contributed by atoms with Gasteiger partial charge in [0.15, 0.2) is 0 Å². The first-order valence-corrected chi connectivity index (χ1v) is 6.22. The number of carbonyl (C=O) groups is 1. The Hall–Kier alpha value is -2.06. The van der Waals surface area contributed by atoms with Crippen LogP contribution in [0.4, 0.5) is 10.8 Å². The molecule has 0 aliphatic carbocycles. The van der Waals surface area contributed by atoms with E-state index in [0.29, 0.717) is 10.1 Å². The molecule has 0 saturated heterocycles. The monoisotopic (exact) mass is 298 g/mol. The van der Waals surface area contributed by atoms with Crippen LogP contribution in [0.2, 0.25) is 5.02 Å². The number of amides is 1. The average Bonchev–Trinajstić information content (AvgIpc) is 2.74. The predicted octanol–water partition coefficient (Wildman–Crippen LogP) is 2.66. The van der Waals surface area contributed by atoms with Crippen molar-refractivity contribution in [1.82, 2.24) is 10.2 Å². The highest BCUT2D eigenvalue weighted by Gasteiger charge is 2.17. The normalized spacial score (nSPS) is 10.2. The molecule has 0 aliphatic heterocycles. The minimum Gasteiger partial charge on any atom is -0.296 e. The number of hydrogen-bond acceptors (Lipinski definition) is 6. The van der Waals surface area contributed by atoms with Gasteiger partial charge in [0.2, 0.25) is 5.13 Å². The largest absolute Gasteiger partial charge is 0.296 e. The molecule has 19 heavy (non-hydrogen) atoms. The topological polar surface area (TPSA) is 98.0 Å². The van der Waals surface area contributed by atoms with Gasteiger partial charge >= 0.3 is 0 Å². The number of aryl methyl sites for hydroxylation is 1. The van der Waals surface area contributed by atoms with Crippen molar-refractivity contribution in [2.24, 2.45) is 0 Å². The minimum absolute atomic E-state index is 0.0201. The molecule has 1 aromatic carbocycles. The number of hydrogen-bond donors (Lipinski definition) is 1. The van der Waals surface area contributed by atoms with Crippen LogP contribution in [0.3, 0.4) is 0 Å². The zero-order valence-electron chi connectivity index (χ0n) is 9.58. The van der Waals surface area contributed by atoms with Gasteiger partial charge in [0.05, 0.1) is 4.92 Å². The maximum atomic E-state index is 11.9. The Labute approximate surface area is 116 Å². The van der Waals surface area contributed by atoms with Crippen molar-refractivity contribution < 1.29 is 9.72 Å². The van der Waals surface area contributed by atoms with Gasteiger partial charge in [-0.05, 0) is 19.1 Å². The van der Waals surface area contributed by atoms with Crippen LogP contribution in [0, 0.1) is 17.0 Å². The quantitative estimate of drug-likeness (QED) is 0.694. The van der Waals surface area contributed by atoms with Crippen LogP contribution in [-0.2, 0) is 0 Å². The van der Waals surface area contributed by atoms with E-state index in [1.807, 2.05) is 0 Å². The van der Waals surface area contributed by atoms with Crippen LogP contribution >= 0.6 is 22.9 Å². The van der Waals surface area contributed by atoms with E-state index >= 15 is 0 Å². The number of nitro benzene ring substituents is 1. The second-order valence-corrected chi connectivity index (χ2v) is 5.09. The molecule has 0 spiro atoms. The van der Waals surface area contributed by atoms with Gasteiger partial charge in [-0.25, -0.2) is 0 Å². The first-order chi connectivity index (χ1) is 8.97. The molecule has 7 nitrogen and oxygen atoms in total. The Morgan fingerprint density at radius 2 is 2.21 bits per heavy atom. The zero-order chi connectivity index (χ0) is 14.0. The van der Waals surface area contributed by atoms with E-state index in [-0.39, 0.29) is 16.3 Å². The maximum absolute atomic E-state index is 11.9. The Morgan fingerprint density at radius 1 is 1.47 bits per heavy atom. The smallest absolute Gasteiger partial charge is 0.288 e. The third-order valence-corrected chi connectivity index (χ3v) is 3.23. The summed E-state index contributed by atoms with van der Waals surface area (Å²) in [5.41, 5.74) is -0.188. The molecule has 0 unspecified atom stereocenters. The molecule has 0 saturated carbocycles. The Balaban J connectivity index is 2.24. The summed E-state index contributed by atoms with van der Waals surface area (Å²) >= 11 is 6.88. The highest BCUT2D eigenvalue weighted by atomic mass is 35.5. The summed E-state index contributed by atoms with van der Waals surface area (Å²) in [5.74, 6) is -0.504. The van der Waals surface area contributed by atoms with Crippen molar-refractivity contribution in [3.05, 3.63) is 43.9 Å². The van der Waals surface area contributed by atoms with Crippen molar-refractivity contribution in [3.8, 4) is 0 Å². The van der Waals surface area contributed by atoms with Crippen LogP contribution in [0.5, 0.6) is 0 Å². The van der Waals surface area contributed by atoms with E-state index < -0.39 is 10.8 Å². The van der Waals surface area contributed by atoms with Crippen molar-refractivity contribution in [2.75, 3.05) is 5.32 Å². The summed E-state index contributed by atoms with van der Waals surface area (Å²) < 4.78 is 0. The molecule has 0 bridgehead atoms. The van der Waals surface area contributed by atoms with Crippen LogP contribution in [0.25, 0.3) is 0 Å². The number of anilines is 1. The first-order valence-electron chi connectivity index (χ1n) is 5.03.